The second-order valence-electron chi connectivity index (χ2n) is 2.60. The maximum absolute atomic E-state index is 11.0. The molecule has 1 rings (SSSR count). The van der Waals surface area contributed by atoms with Crippen LogP contribution in [-0.4, -0.2) is 17.5 Å². The molecule has 64 valence electrons. The summed E-state index contributed by atoms with van der Waals surface area (Å²) in [4.78, 5) is 11.0. The van der Waals surface area contributed by atoms with Crippen molar-refractivity contribution in [2.45, 2.75) is 6.92 Å². The Balaban J connectivity index is 3.08. The highest BCUT2D eigenvalue weighted by Gasteiger charge is 2.04. The van der Waals surface area contributed by atoms with Gasteiger partial charge < -0.3 is 5.11 Å². The van der Waals surface area contributed by atoms with E-state index in [1.165, 1.54) is 0 Å². The molecule has 1 aromatic carbocycles. The van der Waals surface area contributed by atoms with E-state index in [2.05, 4.69) is 0 Å². The predicted molar refractivity (Wildman–Crippen MR) is 47.6 cm³/mol. The van der Waals surface area contributed by atoms with Gasteiger partial charge in [-0.2, -0.15) is 0 Å². The van der Waals surface area contributed by atoms with Crippen molar-refractivity contribution in [1.82, 2.24) is 0 Å². The fourth-order valence-corrected chi connectivity index (χ4v) is 1.28. The van der Waals surface area contributed by atoms with Crippen LogP contribution in [0.2, 0.25) is 5.02 Å². The molecule has 0 amide bonds. The number of ketones is 1. The highest BCUT2D eigenvalue weighted by atomic mass is 35.5. The van der Waals surface area contributed by atoms with Crippen molar-refractivity contribution in [2.75, 3.05) is 6.61 Å². The van der Waals surface area contributed by atoms with Gasteiger partial charge in [0.25, 0.3) is 0 Å². The fourth-order valence-electron chi connectivity index (χ4n) is 0.989. The molecule has 3 heteroatoms. The molecular formula is C9H9ClO2. The standard InChI is InChI=1S/C9H9ClO2/c1-6-2-7(9(12)5-11)4-8(10)3-6/h2-4,11H,5H2,1H3. The minimum Gasteiger partial charge on any atom is -0.388 e. The van der Waals surface area contributed by atoms with Gasteiger partial charge in [-0.1, -0.05) is 11.6 Å². The van der Waals surface area contributed by atoms with Crippen LogP contribution in [-0.2, 0) is 0 Å². The van der Waals surface area contributed by atoms with E-state index < -0.39 is 6.61 Å². The largest absolute Gasteiger partial charge is 0.388 e. The molecule has 1 N–H and O–H groups in total. The van der Waals surface area contributed by atoms with Crippen LogP contribution in [0, 0.1) is 6.92 Å². The number of carbonyl (C=O) groups is 1. The van der Waals surface area contributed by atoms with Crippen molar-refractivity contribution in [3.05, 3.63) is 34.3 Å². The van der Waals surface area contributed by atoms with Crippen molar-refractivity contribution < 1.29 is 9.90 Å². The molecule has 0 heterocycles. The Kier molecular flexibility index (Phi) is 2.84. The molecule has 0 fully saturated rings. The second-order valence-corrected chi connectivity index (χ2v) is 3.03. The van der Waals surface area contributed by atoms with Gasteiger partial charge in [-0.05, 0) is 30.7 Å². The fraction of sp³-hybridized carbons (Fsp3) is 0.222. The predicted octanol–water partition coefficient (Wildman–Crippen LogP) is 1.82. The van der Waals surface area contributed by atoms with E-state index in [0.29, 0.717) is 10.6 Å². The molecule has 1 aromatic rings. The first-order chi connectivity index (χ1) is 5.63. The van der Waals surface area contributed by atoms with Crippen LogP contribution < -0.4 is 0 Å². The Bertz CT molecular complexity index is 287. The highest BCUT2D eigenvalue weighted by Crippen LogP contribution is 2.14. The minimum atomic E-state index is -0.472. The summed E-state index contributed by atoms with van der Waals surface area (Å²) in [6, 6.07) is 5.01. The third-order valence-corrected chi connectivity index (χ3v) is 1.73. The second kappa shape index (κ2) is 3.70. The van der Waals surface area contributed by atoms with Crippen molar-refractivity contribution >= 4 is 17.4 Å². The molecule has 0 atom stereocenters. The molecule has 0 aliphatic carbocycles. The van der Waals surface area contributed by atoms with Crippen LogP contribution in [0.25, 0.3) is 0 Å². The number of aliphatic hydroxyl groups excluding tert-OH is 1. The Hall–Kier alpha value is -0.860. The summed E-state index contributed by atoms with van der Waals surface area (Å²) in [5.74, 6) is -0.305. The Labute approximate surface area is 75.8 Å². The molecule has 2 nitrogen and oxygen atoms in total. The zero-order valence-electron chi connectivity index (χ0n) is 6.67. The lowest BCUT2D eigenvalue weighted by Gasteiger charge is -2.00. The van der Waals surface area contributed by atoms with Gasteiger partial charge in [-0.15, -0.1) is 0 Å². The van der Waals surface area contributed by atoms with E-state index in [-0.39, 0.29) is 5.78 Å². The monoisotopic (exact) mass is 184 g/mol. The average Bonchev–Trinajstić information content (AvgIpc) is 2.01. The number of halogens is 1. The highest BCUT2D eigenvalue weighted by molar-refractivity contribution is 6.31. The first-order valence-corrected chi connectivity index (χ1v) is 3.92. The van der Waals surface area contributed by atoms with Crippen molar-refractivity contribution in [3.8, 4) is 0 Å². The van der Waals surface area contributed by atoms with Gasteiger partial charge in [0, 0.05) is 10.6 Å². The van der Waals surface area contributed by atoms with Crippen LogP contribution in [0.4, 0.5) is 0 Å². The number of hydrogen-bond acceptors (Lipinski definition) is 2. The van der Waals surface area contributed by atoms with E-state index >= 15 is 0 Å². The number of carbonyl (C=O) groups excluding carboxylic acids is 1. The van der Waals surface area contributed by atoms with Gasteiger partial charge >= 0.3 is 0 Å². The zero-order valence-corrected chi connectivity index (χ0v) is 7.43. The van der Waals surface area contributed by atoms with Crippen LogP contribution in [0.5, 0.6) is 0 Å². The number of aryl methyl sites for hydroxylation is 1. The summed E-state index contributed by atoms with van der Waals surface area (Å²) in [6.45, 7) is 1.37. The summed E-state index contributed by atoms with van der Waals surface area (Å²) in [7, 11) is 0. The Morgan fingerprint density at radius 3 is 2.67 bits per heavy atom. The van der Waals surface area contributed by atoms with Gasteiger partial charge in [0.2, 0.25) is 0 Å². The zero-order chi connectivity index (χ0) is 9.14. The van der Waals surface area contributed by atoms with Crippen LogP contribution >= 0.6 is 11.6 Å². The summed E-state index contributed by atoms with van der Waals surface area (Å²) >= 11 is 5.72. The van der Waals surface area contributed by atoms with Gasteiger partial charge in [0.1, 0.15) is 6.61 Å². The maximum Gasteiger partial charge on any atom is 0.188 e. The lowest BCUT2D eigenvalue weighted by atomic mass is 10.1. The molecule has 0 radical (unpaired) electrons. The van der Waals surface area contributed by atoms with E-state index in [9.17, 15) is 4.79 Å². The number of Topliss-reactive ketones (excluding diaryl/α,β-unsaturated/α-hetero) is 1. The van der Waals surface area contributed by atoms with Crippen molar-refractivity contribution in [3.63, 3.8) is 0 Å². The molecule has 0 unspecified atom stereocenters. The quantitative estimate of drug-likeness (QED) is 0.712. The Morgan fingerprint density at radius 2 is 2.17 bits per heavy atom. The van der Waals surface area contributed by atoms with E-state index in [0.717, 1.165) is 5.56 Å². The van der Waals surface area contributed by atoms with Gasteiger partial charge in [0.05, 0.1) is 0 Å². The molecule has 12 heavy (non-hydrogen) atoms. The molecular weight excluding hydrogens is 176 g/mol. The van der Waals surface area contributed by atoms with E-state index in [1.54, 1.807) is 18.2 Å². The third kappa shape index (κ3) is 2.06. The smallest absolute Gasteiger partial charge is 0.188 e. The van der Waals surface area contributed by atoms with Gasteiger partial charge in [0.15, 0.2) is 5.78 Å². The SMILES string of the molecule is Cc1cc(Cl)cc(C(=O)CO)c1. The number of benzene rings is 1. The summed E-state index contributed by atoms with van der Waals surface area (Å²) in [5.41, 5.74) is 1.38. The molecule has 0 aliphatic rings. The molecule has 0 aliphatic heterocycles. The molecule has 0 saturated heterocycles. The summed E-state index contributed by atoms with van der Waals surface area (Å²) < 4.78 is 0. The first-order valence-electron chi connectivity index (χ1n) is 3.54. The number of hydrogen-bond donors (Lipinski definition) is 1. The molecule has 0 saturated carbocycles. The van der Waals surface area contributed by atoms with Crippen LogP contribution in [0.15, 0.2) is 18.2 Å². The maximum atomic E-state index is 11.0. The lowest BCUT2D eigenvalue weighted by Crippen LogP contribution is -2.04. The molecule has 0 bridgehead atoms. The Morgan fingerprint density at radius 1 is 1.50 bits per heavy atom. The lowest BCUT2D eigenvalue weighted by molar-refractivity contribution is 0.0903. The number of rotatable bonds is 2. The van der Waals surface area contributed by atoms with Crippen LogP contribution in [0.1, 0.15) is 15.9 Å². The first kappa shape index (κ1) is 9.23. The van der Waals surface area contributed by atoms with E-state index in [4.69, 9.17) is 16.7 Å². The topological polar surface area (TPSA) is 37.3 Å². The minimum absolute atomic E-state index is 0.305. The van der Waals surface area contributed by atoms with E-state index in [1.807, 2.05) is 6.92 Å². The third-order valence-electron chi connectivity index (χ3n) is 1.51. The van der Waals surface area contributed by atoms with Crippen LogP contribution in [0.3, 0.4) is 0 Å². The van der Waals surface area contributed by atoms with Gasteiger partial charge in [-0.3, -0.25) is 4.79 Å². The number of aliphatic hydroxyl groups is 1. The van der Waals surface area contributed by atoms with Gasteiger partial charge in [-0.25, -0.2) is 0 Å². The normalized spacial score (nSPS) is 9.92. The summed E-state index contributed by atoms with van der Waals surface area (Å²) in [5, 5.41) is 9.10. The average molecular weight is 185 g/mol. The van der Waals surface area contributed by atoms with Crippen molar-refractivity contribution in [1.29, 1.82) is 0 Å². The molecule has 0 aromatic heterocycles. The summed E-state index contributed by atoms with van der Waals surface area (Å²) in [6.07, 6.45) is 0. The molecule has 0 spiro atoms. The van der Waals surface area contributed by atoms with Crippen molar-refractivity contribution in [2.24, 2.45) is 0 Å².